The predicted molar refractivity (Wildman–Crippen MR) is 85.5 cm³/mol. The summed E-state index contributed by atoms with van der Waals surface area (Å²) in [6.07, 6.45) is 9.14. The first-order valence-electron chi connectivity index (χ1n) is 8.16. The van der Waals surface area contributed by atoms with E-state index in [1.165, 1.54) is 37.7 Å². The fraction of sp³-hybridized carbons (Fsp3) is 0.750. The molecule has 0 radical (unpaired) electrons. The normalized spacial score (nSPS) is 19.1. The number of rotatable bonds is 6. The van der Waals surface area contributed by atoms with Crippen LogP contribution in [0.25, 0.3) is 0 Å². The molecule has 0 aliphatic carbocycles. The molecule has 1 aromatic heterocycles. The van der Waals surface area contributed by atoms with Gasteiger partial charge in [-0.25, -0.2) is 9.97 Å². The second kappa shape index (κ2) is 7.46. The number of anilines is 2. The third-order valence-corrected chi connectivity index (χ3v) is 4.14. The minimum atomic E-state index is 0.656. The smallest absolute Gasteiger partial charge is 0.137 e. The van der Waals surface area contributed by atoms with E-state index in [-0.39, 0.29) is 0 Å². The summed E-state index contributed by atoms with van der Waals surface area (Å²) in [5, 5.41) is 3.38. The first kappa shape index (κ1) is 15.1. The minimum absolute atomic E-state index is 0.656. The maximum Gasteiger partial charge on any atom is 0.137 e. The van der Waals surface area contributed by atoms with Gasteiger partial charge in [0.05, 0.1) is 0 Å². The molecule has 112 valence electrons. The molecule has 1 aromatic rings. The van der Waals surface area contributed by atoms with Gasteiger partial charge < -0.3 is 10.2 Å². The molecule has 2 heterocycles. The van der Waals surface area contributed by atoms with Gasteiger partial charge in [0.15, 0.2) is 0 Å². The Morgan fingerprint density at radius 2 is 2.10 bits per heavy atom. The Hall–Kier alpha value is -1.32. The monoisotopic (exact) mass is 276 g/mol. The summed E-state index contributed by atoms with van der Waals surface area (Å²) in [6.45, 7) is 8.63. The van der Waals surface area contributed by atoms with Crippen LogP contribution in [0.1, 0.15) is 58.4 Å². The highest BCUT2D eigenvalue weighted by Gasteiger charge is 2.25. The third-order valence-electron chi connectivity index (χ3n) is 4.14. The Morgan fingerprint density at radius 1 is 1.25 bits per heavy atom. The molecule has 4 heteroatoms. The molecule has 1 unspecified atom stereocenters. The lowest BCUT2D eigenvalue weighted by Crippen LogP contribution is -2.40. The zero-order valence-corrected chi connectivity index (χ0v) is 13.2. The van der Waals surface area contributed by atoms with Gasteiger partial charge >= 0.3 is 0 Å². The lowest BCUT2D eigenvalue weighted by Gasteiger charge is -2.38. The van der Waals surface area contributed by atoms with E-state index >= 15 is 0 Å². The first-order valence-corrected chi connectivity index (χ1v) is 8.16. The molecule has 4 nitrogen and oxygen atoms in total. The maximum absolute atomic E-state index is 4.62. The van der Waals surface area contributed by atoms with E-state index in [0.29, 0.717) is 6.04 Å². The fourth-order valence-corrected chi connectivity index (χ4v) is 3.21. The highest BCUT2D eigenvalue weighted by molar-refractivity contribution is 5.59. The minimum Gasteiger partial charge on any atom is -0.370 e. The summed E-state index contributed by atoms with van der Waals surface area (Å²) < 4.78 is 0. The van der Waals surface area contributed by atoms with Crippen molar-refractivity contribution in [2.24, 2.45) is 0 Å². The Morgan fingerprint density at radius 3 is 2.80 bits per heavy atom. The van der Waals surface area contributed by atoms with Crippen molar-refractivity contribution in [3.8, 4) is 0 Å². The fourth-order valence-electron chi connectivity index (χ4n) is 3.21. The highest BCUT2D eigenvalue weighted by atomic mass is 15.2. The summed E-state index contributed by atoms with van der Waals surface area (Å²) in [5.41, 5.74) is 1.28. The molecule has 0 bridgehead atoms. The van der Waals surface area contributed by atoms with Crippen LogP contribution >= 0.6 is 0 Å². The topological polar surface area (TPSA) is 41.1 Å². The van der Waals surface area contributed by atoms with E-state index in [1.807, 2.05) is 0 Å². The van der Waals surface area contributed by atoms with Gasteiger partial charge in [-0.15, -0.1) is 0 Å². The Kier molecular flexibility index (Phi) is 5.62. The van der Waals surface area contributed by atoms with Crippen LogP contribution in [-0.4, -0.2) is 29.1 Å². The molecule has 1 atom stereocenters. The van der Waals surface area contributed by atoms with Crippen molar-refractivity contribution in [1.29, 1.82) is 0 Å². The summed E-state index contributed by atoms with van der Waals surface area (Å²) in [5.74, 6) is 2.18. The molecule has 1 N–H and O–H groups in total. The number of piperidine rings is 1. The number of aromatic nitrogens is 2. The van der Waals surface area contributed by atoms with Gasteiger partial charge in [0.1, 0.15) is 18.0 Å². The molecule has 1 aliphatic heterocycles. The second-order valence-electron chi connectivity index (χ2n) is 5.54. The van der Waals surface area contributed by atoms with Crippen molar-refractivity contribution in [2.45, 2.75) is 65.3 Å². The quantitative estimate of drug-likeness (QED) is 0.861. The maximum atomic E-state index is 4.62. The zero-order valence-electron chi connectivity index (χ0n) is 13.2. The summed E-state index contributed by atoms with van der Waals surface area (Å²) in [6, 6.07) is 0.656. The van der Waals surface area contributed by atoms with Gasteiger partial charge in [0.2, 0.25) is 0 Å². The summed E-state index contributed by atoms with van der Waals surface area (Å²) >= 11 is 0. The number of hydrogen-bond acceptors (Lipinski definition) is 4. The largest absolute Gasteiger partial charge is 0.370 e. The molecule has 0 saturated carbocycles. The van der Waals surface area contributed by atoms with Gasteiger partial charge in [0.25, 0.3) is 0 Å². The van der Waals surface area contributed by atoms with Crippen LogP contribution in [0.5, 0.6) is 0 Å². The molecule has 1 aliphatic rings. The number of nitrogens with one attached hydrogen (secondary N) is 1. The van der Waals surface area contributed by atoms with Crippen LogP contribution in [0.4, 0.5) is 11.6 Å². The van der Waals surface area contributed by atoms with Crippen LogP contribution in [0.15, 0.2) is 6.33 Å². The second-order valence-corrected chi connectivity index (χ2v) is 5.54. The lowest BCUT2D eigenvalue weighted by atomic mass is 9.97. The zero-order chi connectivity index (χ0) is 14.4. The SMILES string of the molecule is CCCC1CCCCN1c1ncnc(NCC)c1CC. The van der Waals surface area contributed by atoms with E-state index < -0.39 is 0 Å². The van der Waals surface area contributed by atoms with Gasteiger partial charge in [-0.1, -0.05) is 20.3 Å². The van der Waals surface area contributed by atoms with Gasteiger partial charge in [0, 0.05) is 24.7 Å². The highest BCUT2D eigenvalue weighted by Crippen LogP contribution is 2.31. The molecular formula is C16H28N4. The van der Waals surface area contributed by atoms with E-state index in [9.17, 15) is 0 Å². The van der Waals surface area contributed by atoms with Crippen LogP contribution in [0, 0.1) is 0 Å². The van der Waals surface area contributed by atoms with Crippen LogP contribution in [0.2, 0.25) is 0 Å². The summed E-state index contributed by atoms with van der Waals surface area (Å²) in [4.78, 5) is 11.6. The first-order chi connectivity index (χ1) is 9.81. The van der Waals surface area contributed by atoms with E-state index in [4.69, 9.17) is 0 Å². The van der Waals surface area contributed by atoms with Crippen molar-refractivity contribution < 1.29 is 0 Å². The van der Waals surface area contributed by atoms with E-state index in [1.54, 1.807) is 6.33 Å². The van der Waals surface area contributed by atoms with Crippen molar-refractivity contribution in [3.05, 3.63) is 11.9 Å². The average molecular weight is 276 g/mol. The lowest BCUT2D eigenvalue weighted by molar-refractivity contribution is 0.431. The van der Waals surface area contributed by atoms with E-state index in [2.05, 4.69) is 41.0 Å². The Bertz CT molecular complexity index is 417. The van der Waals surface area contributed by atoms with E-state index in [0.717, 1.165) is 31.1 Å². The number of nitrogens with zero attached hydrogens (tertiary/aromatic N) is 3. The Labute approximate surface area is 123 Å². The molecule has 1 fully saturated rings. The summed E-state index contributed by atoms with van der Waals surface area (Å²) in [7, 11) is 0. The molecule has 0 amide bonds. The molecule has 2 rings (SSSR count). The molecular weight excluding hydrogens is 248 g/mol. The molecule has 0 aromatic carbocycles. The van der Waals surface area contributed by atoms with Crippen LogP contribution in [-0.2, 0) is 6.42 Å². The van der Waals surface area contributed by atoms with Crippen molar-refractivity contribution in [1.82, 2.24) is 9.97 Å². The van der Waals surface area contributed by atoms with Gasteiger partial charge in [-0.2, -0.15) is 0 Å². The van der Waals surface area contributed by atoms with Crippen molar-refractivity contribution in [2.75, 3.05) is 23.3 Å². The third kappa shape index (κ3) is 3.22. The molecule has 0 spiro atoms. The predicted octanol–water partition coefficient (Wildman–Crippen LogP) is 3.63. The van der Waals surface area contributed by atoms with Gasteiger partial charge in [-0.05, 0) is 39.0 Å². The van der Waals surface area contributed by atoms with Crippen LogP contribution in [0.3, 0.4) is 0 Å². The Balaban J connectivity index is 2.31. The number of hydrogen-bond donors (Lipinski definition) is 1. The molecule has 20 heavy (non-hydrogen) atoms. The standard InChI is InChI=1S/C16H28N4/c1-4-9-13-10-7-8-11-20(13)16-14(5-2)15(17-6-3)18-12-19-16/h12-13H,4-11H2,1-3H3,(H,17,18,19). The average Bonchev–Trinajstić information content (AvgIpc) is 2.48. The van der Waals surface area contributed by atoms with Crippen LogP contribution < -0.4 is 10.2 Å². The van der Waals surface area contributed by atoms with Crippen molar-refractivity contribution >= 4 is 11.6 Å². The van der Waals surface area contributed by atoms with Gasteiger partial charge in [-0.3, -0.25) is 0 Å². The van der Waals surface area contributed by atoms with Crippen molar-refractivity contribution in [3.63, 3.8) is 0 Å². The molecule has 1 saturated heterocycles.